The van der Waals surface area contributed by atoms with Gasteiger partial charge in [0.15, 0.2) is 0 Å². The van der Waals surface area contributed by atoms with Gasteiger partial charge in [0.25, 0.3) is 0 Å². The number of nitrogens with zero attached hydrogens (tertiary/aromatic N) is 2. The van der Waals surface area contributed by atoms with Crippen molar-refractivity contribution in [2.24, 2.45) is 11.8 Å². The molecule has 5 heteroatoms. The third-order valence-corrected chi connectivity index (χ3v) is 19.2. The summed E-state index contributed by atoms with van der Waals surface area (Å²) < 4.78 is 0. The van der Waals surface area contributed by atoms with Gasteiger partial charge in [0, 0.05) is 43.4 Å². The molecule has 6 atom stereocenters. The zero-order valence-corrected chi connectivity index (χ0v) is 38.0. The van der Waals surface area contributed by atoms with Crippen LogP contribution in [0.5, 0.6) is 0 Å². The molecule has 0 radical (unpaired) electrons. The maximum absolute atomic E-state index is 2.45. The molecule has 6 aromatic rings. The molecule has 0 N–H and O–H groups in total. The molecule has 0 aromatic heterocycles. The van der Waals surface area contributed by atoms with Crippen molar-refractivity contribution in [2.75, 3.05) is 28.2 Å². The van der Waals surface area contributed by atoms with Crippen LogP contribution in [0.3, 0.4) is 0 Å². The average Bonchev–Trinajstić information content (AvgIpc) is 3.91. The average molecular weight is 878 g/mol. The van der Waals surface area contributed by atoms with Crippen molar-refractivity contribution in [1.82, 2.24) is 9.80 Å². The van der Waals surface area contributed by atoms with Gasteiger partial charge < -0.3 is 9.80 Å². The summed E-state index contributed by atoms with van der Waals surface area (Å²) in [6, 6.07) is 68.5. The minimum absolute atomic E-state index is 0. The maximum Gasteiger partial charge on any atom is 0.0970 e. The Labute approximate surface area is 359 Å². The van der Waals surface area contributed by atoms with Crippen LogP contribution in [0, 0.1) is 11.8 Å². The Morgan fingerprint density at radius 3 is 0.860 bits per heavy atom. The third-order valence-electron chi connectivity index (χ3n) is 12.4. The van der Waals surface area contributed by atoms with Crippen LogP contribution in [0.4, 0.5) is 0 Å². The molecule has 4 unspecified atom stereocenters. The second-order valence-corrected chi connectivity index (χ2v) is 21.8. The third kappa shape index (κ3) is 10.7. The molecule has 0 aliphatic heterocycles. The summed E-state index contributed by atoms with van der Waals surface area (Å²) in [6.45, 7) is 0. The van der Waals surface area contributed by atoms with E-state index < -0.39 is 15.8 Å². The van der Waals surface area contributed by atoms with Gasteiger partial charge in [-0.15, -0.1) is 0 Å². The van der Waals surface area contributed by atoms with E-state index in [1.54, 1.807) is 21.2 Å². The fourth-order valence-electron chi connectivity index (χ4n) is 10.3. The molecule has 296 valence electrons. The first kappa shape index (κ1) is 43.3. The number of hydrogen-bond acceptors (Lipinski definition) is 2. The molecule has 2 fully saturated rings. The van der Waals surface area contributed by atoms with E-state index in [0.717, 1.165) is 11.3 Å². The summed E-state index contributed by atoms with van der Waals surface area (Å²) in [5, 5.41) is 6.23. The molecule has 2 aliphatic rings. The van der Waals surface area contributed by atoms with E-state index in [4.69, 9.17) is 0 Å². The molecule has 0 bridgehead atoms. The minimum atomic E-state index is -0.837. The van der Waals surface area contributed by atoms with E-state index >= 15 is 0 Å². The Bertz CT molecular complexity index is 1770. The summed E-state index contributed by atoms with van der Waals surface area (Å²) in [5.74, 6) is 1.40. The van der Waals surface area contributed by atoms with Crippen LogP contribution in [0.1, 0.15) is 61.7 Å². The van der Waals surface area contributed by atoms with E-state index in [9.17, 15) is 0 Å². The zero-order chi connectivity index (χ0) is 38.7. The van der Waals surface area contributed by atoms with Crippen molar-refractivity contribution < 1.29 is 19.5 Å². The van der Waals surface area contributed by atoms with Gasteiger partial charge in [-0.3, -0.25) is 0 Å². The largest absolute Gasteiger partial charge is 0.302 e. The summed E-state index contributed by atoms with van der Waals surface area (Å²) in [5.41, 5.74) is 4.43. The molecular formula is C52H62N2P2Ru+2. The van der Waals surface area contributed by atoms with Gasteiger partial charge in [-0.2, -0.15) is 0 Å². The second-order valence-electron chi connectivity index (χ2n) is 16.3. The molecule has 6 aromatic carbocycles. The Balaban J connectivity index is 0.000000189. The molecule has 0 amide bonds. The Hall–Kier alpha value is -3.28. The summed E-state index contributed by atoms with van der Waals surface area (Å²) >= 11 is 0. The van der Waals surface area contributed by atoms with Gasteiger partial charge in [0.1, 0.15) is 0 Å². The van der Waals surface area contributed by atoms with Crippen LogP contribution in [0.25, 0.3) is 0 Å². The van der Waals surface area contributed by atoms with Crippen molar-refractivity contribution >= 4 is 37.1 Å². The van der Waals surface area contributed by atoms with E-state index in [2.05, 4.69) is 220 Å². The Kier molecular flexibility index (Phi) is 16.4. The van der Waals surface area contributed by atoms with Crippen molar-refractivity contribution in [3.63, 3.8) is 0 Å². The van der Waals surface area contributed by atoms with E-state index in [1.807, 2.05) is 0 Å². The molecule has 2 aliphatic carbocycles. The van der Waals surface area contributed by atoms with Crippen LogP contribution in [0.2, 0.25) is 0 Å². The molecule has 57 heavy (non-hydrogen) atoms. The van der Waals surface area contributed by atoms with Gasteiger partial charge in [-0.05, 0) is 126 Å². The summed E-state index contributed by atoms with van der Waals surface area (Å²) in [6.07, 6.45) is 8.05. The van der Waals surface area contributed by atoms with Gasteiger partial charge >= 0.3 is 0 Å². The van der Waals surface area contributed by atoms with Crippen LogP contribution in [-0.4, -0.2) is 49.3 Å². The predicted molar refractivity (Wildman–Crippen MR) is 249 cm³/mol. The first-order valence-corrected chi connectivity index (χ1v) is 24.0. The van der Waals surface area contributed by atoms with Crippen LogP contribution in [-0.2, 0) is 19.5 Å². The minimum Gasteiger partial charge on any atom is -0.302 e. The second kappa shape index (κ2) is 21.6. The van der Waals surface area contributed by atoms with Crippen molar-refractivity contribution in [2.45, 2.75) is 61.9 Å². The van der Waals surface area contributed by atoms with E-state index in [-0.39, 0.29) is 19.5 Å². The van der Waals surface area contributed by atoms with Gasteiger partial charge in [0.2, 0.25) is 0 Å². The SMILES string of the molecule is CN(C)[C@@H](c1ccccc1)C1CCCC1[PH+](c1ccccc1)c1ccccc1.CN(C)[C@@H](c1ccccc1)C1CCCC1[PH+](c1ccccc1)c1ccccc1.[Ru]. The Morgan fingerprint density at radius 2 is 0.614 bits per heavy atom. The molecule has 0 spiro atoms. The first-order chi connectivity index (χ1) is 27.5. The standard InChI is InChI=1S/2C26H30NP.Ru/c2*1-27(2)26(21-13-6-3-7-14-21)24-19-12-20-25(24)28(22-15-8-4-9-16-22)23-17-10-5-11-18-23;/h2*3-11,13-18,24-26H,12,19-20H2,1-2H3;/p+2/t2*24?,25?,26-;/m00./s1. The van der Waals surface area contributed by atoms with Crippen LogP contribution < -0.4 is 21.2 Å². The quantitative estimate of drug-likeness (QED) is 0.0893. The van der Waals surface area contributed by atoms with Gasteiger partial charge in [-0.1, -0.05) is 133 Å². The smallest absolute Gasteiger partial charge is 0.0970 e. The number of benzene rings is 6. The normalized spacial score (nSPS) is 20.2. The molecule has 0 saturated heterocycles. The summed E-state index contributed by atoms with van der Waals surface area (Å²) in [7, 11) is 7.34. The molecular weight excluding hydrogens is 816 g/mol. The molecule has 2 nitrogen and oxygen atoms in total. The predicted octanol–water partition coefficient (Wildman–Crippen LogP) is 10.6. The number of hydrogen-bond donors (Lipinski definition) is 0. The Morgan fingerprint density at radius 1 is 0.368 bits per heavy atom. The van der Waals surface area contributed by atoms with Gasteiger partial charge in [-0.25, -0.2) is 0 Å². The monoisotopic (exact) mass is 878 g/mol. The van der Waals surface area contributed by atoms with Crippen molar-refractivity contribution in [3.8, 4) is 0 Å². The zero-order valence-electron chi connectivity index (χ0n) is 34.3. The van der Waals surface area contributed by atoms with Crippen molar-refractivity contribution in [3.05, 3.63) is 193 Å². The maximum atomic E-state index is 2.45. The van der Waals surface area contributed by atoms with E-state index in [0.29, 0.717) is 23.9 Å². The molecule has 2 saturated carbocycles. The van der Waals surface area contributed by atoms with Gasteiger partial charge in [0.05, 0.1) is 48.4 Å². The first-order valence-electron chi connectivity index (χ1n) is 20.9. The molecule has 0 heterocycles. The van der Waals surface area contributed by atoms with Crippen LogP contribution in [0.15, 0.2) is 182 Å². The van der Waals surface area contributed by atoms with E-state index in [1.165, 1.54) is 49.7 Å². The van der Waals surface area contributed by atoms with Crippen molar-refractivity contribution in [1.29, 1.82) is 0 Å². The summed E-state index contributed by atoms with van der Waals surface area (Å²) in [4.78, 5) is 4.90. The molecule has 8 rings (SSSR count). The number of rotatable bonds is 12. The fraction of sp³-hybridized carbons (Fsp3) is 0.308. The topological polar surface area (TPSA) is 6.48 Å². The fourth-order valence-corrected chi connectivity index (χ4v) is 17.4. The van der Waals surface area contributed by atoms with Crippen LogP contribution >= 0.6 is 15.8 Å².